The predicted molar refractivity (Wildman–Crippen MR) is 87.6 cm³/mol. The molecular formula is C19H17N2O+. The van der Waals surface area contributed by atoms with Crippen molar-refractivity contribution in [2.75, 3.05) is 0 Å². The molecule has 0 spiro atoms. The molecule has 3 heterocycles. The van der Waals surface area contributed by atoms with Crippen LogP contribution >= 0.6 is 0 Å². The summed E-state index contributed by atoms with van der Waals surface area (Å²) in [5.41, 5.74) is 5.43. The summed E-state index contributed by atoms with van der Waals surface area (Å²) in [6.45, 7) is -0.148. The number of fused-ring (bicyclic) bond motifs is 3. The molecule has 0 aliphatic heterocycles. The smallest absolute Gasteiger partial charge is 0.216 e. The second kappa shape index (κ2) is 4.67. The summed E-state index contributed by atoms with van der Waals surface area (Å²) in [5, 5.41) is 0.973. The SMILES string of the molecule is [2H]C([2H])([2H])c1ccc(-c2c(C)cnc3c2oc2ccccc23)[n+](C)c1. The molecule has 0 saturated carbocycles. The number of aromatic nitrogens is 2. The predicted octanol–water partition coefficient (Wildman–Crippen LogP) is 4.09. The number of hydrogen-bond donors (Lipinski definition) is 0. The lowest BCUT2D eigenvalue weighted by molar-refractivity contribution is -0.660. The molecule has 0 aliphatic carbocycles. The van der Waals surface area contributed by atoms with Crippen molar-refractivity contribution in [3.05, 3.63) is 59.9 Å². The highest BCUT2D eigenvalue weighted by Gasteiger charge is 2.21. The number of rotatable bonds is 1. The van der Waals surface area contributed by atoms with Gasteiger partial charge in [-0.05, 0) is 37.5 Å². The van der Waals surface area contributed by atoms with E-state index in [1.807, 2.05) is 55.1 Å². The minimum absolute atomic E-state index is 0.311. The van der Waals surface area contributed by atoms with E-state index in [0.717, 1.165) is 38.9 Å². The molecule has 0 bridgehead atoms. The summed E-state index contributed by atoms with van der Waals surface area (Å²) in [5.74, 6) is 0. The van der Waals surface area contributed by atoms with Crippen molar-refractivity contribution in [2.24, 2.45) is 7.05 Å². The number of pyridine rings is 2. The van der Waals surface area contributed by atoms with E-state index in [1.54, 1.807) is 12.3 Å². The van der Waals surface area contributed by atoms with Gasteiger partial charge >= 0.3 is 0 Å². The number of nitrogens with zero attached hydrogens (tertiary/aromatic N) is 2. The van der Waals surface area contributed by atoms with Gasteiger partial charge < -0.3 is 4.42 Å². The van der Waals surface area contributed by atoms with Gasteiger partial charge in [-0.3, -0.25) is 4.98 Å². The normalized spacial score (nSPS) is 14.0. The van der Waals surface area contributed by atoms with Crippen molar-refractivity contribution in [2.45, 2.75) is 13.8 Å². The summed E-state index contributed by atoms with van der Waals surface area (Å²) in [7, 11) is 1.85. The number of para-hydroxylation sites is 1. The van der Waals surface area contributed by atoms with Crippen LogP contribution in [0.25, 0.3) is 33.3 Å². The quantitative estimate of drug-likeness (QED) is 0.495. The van der Waals surface area contributed by atoms with Crippen LogP contribution in [-0.2, 0) is 7.05 Å². The minimum Gasteiger partial charge on any atom is -0.453 e. The fraction of sp³-hybridized carbons (Fsp3) is 0.158. The van der Waals surface area contributed by atoms with Crippen LogP contribution in [0.2, 0.25) is 0 Å². The topological polar surface area (TPSA) is 29.9 Å². The van der Waals surface area contributed by atoms with Crippen LogP contribution < -0.4 is 4.57 Å². The number of furan rings is 1. The van der Waals surface area contributed by atoms with Gasteiger partial charge in [-0.15, -0.1) is 0 Å². The van der Waals surface area contributed by atoms with Crippen molar-refractivity contribution in [3.8, 4) is 11.3 Å². The zero-order valence-corrected chi connectivity index (χ0v) is 12.4. The lowest BCUT2D eigenvalue weighted by Gasteiger charge is -2.05. The molecule has 3 heteroatoms. The van der Waals surface area contributed by atoms with Gasteiger partial charge in [-0.2, -0.15) is 0 Å². The monoisotopic (exact) mass is 292 g/mol. The van der Waals surface area contributed by atoms with Crippen LogP contribution in [0.1, 0.15) is 15.2 Å². The first kappa shape index (κ1) is 10.1. The second-order valence-corrected chi connectivity index (χ2v) is 5.51. The Bertz CT molecular complexity index is 1110. The Morgan fingerprint density at radius 1 is 1.18 bits per heavy atom. The highest BCUT2D eigenvalue weighted by molar-refractivity contribution is 6.07. The van der Waals surface area contributed by atoms with Crippen molar-refractivity contribution in [1.82, 2.24) is 4.98 Å². The molecule has 3 nitrogen and oxygen atoms in total. The maximum Gasteiger partial charge on any atom is 0.216 e. The van der Waals surface area contributed by atoms with Gasteiger partial charge in [0.25, 0.3) is 0 Å². The van der Waals surface area contributed by atoms with Gasteiger partial charge in [0.05, 0.1) is 5.56 Å². The molecule has 22 heavy (non-hydrogen) atoms. The third-order valence-corrected chi connectivity index (χ3v) is 3.97. The Labute approximate surface area is 133 Å². The van der Waals surface area contributed by atoms with Crippen LogP contribution in [-0.4, -0.2) is 4.98 Å². The van der Waals surface area contributed by atoms with E-state index in [-0.39, 0.29) is 0 Å². The molecule has 1 aromatic carbocycles. The van der Waals surface area contributed by atoms with Crippen LogP contribution in [0.5, 0.6) is 0 Å². The summed E-state index contributed by atoms with van der Waals surface area (Å²) in [6.07, 6.45) is 3.48. The van der Waals surface area contributed by atoms with Crippen LogP contribution in [0.15, 0.2) is 53.2 Å². The largest absolute Gasteiger partial charge is 0.453 e. The third-order valence-electron chi connectivity index (χ3n) is 3.97. The average molecular weight is 292 g/mol. The van der Waals surface area contributed by atoms with Crippen molar-refractivity contribution in [3.63, 3.8) is 0 Å². The summed E-state index contributed by atoms with van der Waals surface area (Å²) < 4.78 is 30.7. The van der Waals surface area contributed by atoms with Crippen LogP contribution in [0.3, 0.4) is 0 Å². The molecule has 0 N–H and O–H groups in total. The lowest BCUT2D eigenvalue weighted by atomic mass is 10.0. The summed E-state index contributed by atoms with van der Waals surface area (Å²) in [6, 6.07) is 11.3. The van der Waals surface area contributed by atoms with Crippen LogP contribution in [0.4, 0.5) is 0 Å². The standard InChI is InChI=1S/C19H17N2O/c1-12-8-9-15(21(3)11-12)17-13(2)10-20-18-14-6-4-5-7-16(14)22-19(17)18/h4-11H,1-3H3/q+1/i1D3. The van der Waals surface area contributed by atoms with Gasteiger partial charge in [-0.1, -0.05) is 12.1 Å². The van der Waals surface area contributed by atoms with Gasteiger partial charge in [0.1, 0.15) is 18.1 Å². The van der Waals surface area contributed by atoms with Crippen LogP contribution in [0, 0.1) is 13.8 Å². The summed E-state index contributed by atoms with van der Waals surface area (Å²) in [4.78, 5) is 4.55. The molecular weight excluding hydrogens is 272 g/mol. The third kappa shape index (κ3) is 1.82. The molecule has 4 rings (SSSR count). The number of benzene rings is 1. The minimum atomic E-state index is -2.13. The van der Waals surface area contributed by atoms with Gasteiger partial charge in [-0.25, -0.2) is 4.57 Å². The van der Waals surface area contributed by atoms with E-state index in [9.17, 15) is 0 Å². The highest BCUT2D eigenvalue weighted by atomic mass is 16.3. The zero-order chi connectivity index (χ0) is 17.8. The zero-order valence-electron chi connectivity index (χ0n) is 15.4. The lowest BCUT2D eigenvalue weighted by Crippen LogP contribution is -2.31. The van der Waals surface area contributed by atoms with Gasteiger partial charge in [0.2, 0.25) is 5.69 Å². The molecule has 108 valence electrons. The molecule has 0 amide bonds. The first-order chi connectivity index (χ1) is 11.9. The fourth-order valence-electron chi connectivity index (χ4n) is 2.92. The van der Waals surface area contributed by atoms with E-state index in [0.29, 0.717) is 5.56 Å². The van der Waals surface area contributed by atoms with E-state index in [4.69, 9.17) is 8.53 Å². The van der Waals surface area contributed by atoms with Crippen molar-refractivity contribution >= 4 is 22.1 Å². The second-order valence-electron chi connectivity index (χ2n) is 5.51. The molecule has 0 atom stereocenters. The molecule has 0 saturated heterocycles. The van der Waals surface area contributed by atoms with Gasteiger partial charge in [0, 0.05) is 27.3 Å². The maximum atomic E-state index is 7.58. The van der Waals surface area contributed by atoms with E-state index >= 15 is 0 Å². The van der Waals surface area contributed by atoms with E-state index in [1.165, 1.54) is 0 Å². The highest BCUT2D eigenvalue weighted by Crippen LogP contribution is 2.35. The molecule has 0 radical (unpaired) electrons. The number of aryl methyl sites for hydroxylation is 3. The van der Waals surface area contributed by atoms with Gasteiger partial charge in [0.15, 0.2) is 11.8 Å². The van der Waals surface area contributed by atoms with E-state index in [2.05, 4.69) is 4.98 Å². The van der Waals surface area contributed by atoms with Crippen molar-refractivity contribution in [1.29, 1.82) is 0 Å². The first-order valence-electron chi connectivity index (χ1n) is 8.63. The Hall–Kier alpha value is -2.68. The van der Waals surface area contributed by atoms with E-state index < -0.39 is 6.85 Å². The Kier molecular flexibility index (Phi) is 2.15. The molecule has 3 aromatic heterocycles. The molecule has 0 unspecified atom stereocenters. The fourth-order valence-corrected chi connectivity index (χ4v) is 2.92. The molecule has 0 fully saturated rings. The average Bonchev–Trinajstić information content (AvgIpc) is 2.93. The molecule has 4 aromatic rings. The maximum absolute atomic E-state index is 7.58. The summed E-state index contributed by atoms with van der Waals surface area (Å²) >= 11 is 0. The molecule has 0 aliphatic rings. The Morgan fingerprint density at radius 2 is 2.05 bits per heavy atom. The Balaban J connectivity index is 2.02. The number of hydrogen-bond acceptors (Lipinski definition) is 2. The van der Waals surface area contributed by atoms with Crippen molar-refractivity contribution < 1.29 is 13.1 Å². The Morgan fingerprint density at radius 3 is 2.86 bits per heavy atom. The first-order valence-corrected chi connectivity index (χ1v) is 7.13.